The first-order chi connectivity index (χ1) is 10.8. The van der Waals surface area contributed by atoms with Crippen LogP contribution < -0.4 is 5.32 Å². The van der Waals surface area contributed by atoms with Crippen LogP contribution in [0.15, 0.2) is 18.3 Å². The molecule has 0 saturated heterocycles. The number of hydrogen-bond donors (Lipinski definition) is 1. The van der Waals surface area contributed by atoms with Crippen LogP contribution in [0.3, 0.4) is 0 Å². The van der Waals surface area contributed by atoms with Gasteiger partial charge in [0.05, 0.1) is 16.9 Å². The van der Waals surface area contributed by atoms with Crippen molar-refractivity contribution in [1.82, 2.24) is 19.6 Å². The number of aromatic nitrogens is 4. The molecule has 1 aliphatic rings. The van der Waals surface area contributed by atoms with E-state index in [0.29, 0.717) is 0 Å². The topological polar surface area (TPSA) is 55.1 Å². The smallest absolute Gasteiger partial charge is 0.157 e. The highest BCUT2D eigenvalue weighted by Gasteiger charge is 2.14. The highest BCUT2D eigenvalue weighted by Crippen LogP contribution is 2.26. The van der Waals surface area contributed by atoms with E-state index in [0.717, 1.165) is 36.5 Å². The summed E-state index contributed by atoms with van der Waals surface area (Å²) in [6.07, 6.45) is 7.74. The van der Waals surface area contributed by atoms with Gasteiger partial charge in [-0.05, 0) is 32.6 Å². The second kappa shape index (κ2) is 5.68. The predicted octanol–water partition coefficient (Wildman–Crippen LogP) is 3.03. The second-order valence-corrected chi connectivity index (χ2v) is 6.91. The van der Waals surface area contributed by atoms with Crippen molar-refractivity contribution < 1.29 is 0 Å². The van der Waals surface area contributed by atoms with Crippen molar-refractivity contribution in [2.24, 2.45) is 0 Å². The van der Waals surface area contributed by atoms with Crippen LogP contribution in [-0.4, -0.2) is 26.1 Å². The molecule has 1 aliphatic carbocycles. The summed E-state index contributed by atoms with van der Waals surface area (Å²) in [5.41, 5.74) is 3.23. The van der Waals surface area contributed by atoms with E-state index in [-0.39, 0.29) is 0 Å². The zero-order valence-electron chi connectivity index (χ0n) is 12.7. The van der Waals surface area contributed by atoms with E-state index in [1.807, 2.05) is 34.9 Å². The van der Waals surface area contributed by atoms with Gasteiger partial charge in [0.1, 0.15) is 5.82 Å². The van der Waals surface area contributed by atoms with Crippen LogP contribution in [0.4, 0.5) is 5.82 Å². The maximum absolute atomic E-state index is 4.80. The van der Waals surface area contributed by atoms with E-state index in [2.05, 4.69) is 15.4 Å². The lowest BCUT2D eigenvalue weighted by atomic mass is 10.0. The normalized spacial score (nSPS) is 14.2. The molecule has 3 aromatic heterocycles. The first kappa shape index (κ1) is 13.7. The molecule has 0 saturated carbocycles. The Morgan fingerprint density at radius 3 is 3.09 bits per heavy atom. The Kier molecular flexibility index (Phi) is 3.54. The molecule has 0 radical (unpaired) electrons. The fourth-order valence-corrected chi connectivity index (χ4v) is 4.13. The zero-order chi connectivity index (χ0) is 14.9. The maximum Gasteiger partial charge on any atom is 0.157 e. The van der Waals surface area contributed by atoms with E-state index in [9.17, 15) is 0 Å². The molecule has 3 heterocycles. The minimum atomic E-state index is 0.866. The fourth-order valence-electron chi connectivity index (χ4n) is 2.97. The van der Waals surface area contributed by atoms with Crippen molar-refractivity contribution in [3.05, 3.63) is 39.6 Å². The standard InChI is InChI=1S/C16H19N5S/c1-11-10-15(21-14(19-11)6-9-18-21)17-8-7-16-20-12-4-2-3-5-13(12)22-16/h6,9-10,17H,2-5,7-8H2,1H3. The molecule has 0 atom stereocenters. The van der Waals surface area contributed by atoms with E-state index in [4.69, 9.17) is 4.98 Å². The molecular weight excluding hydrogens is 294 g/mol. The summed E-state index contributed by atoms with van der Waals surface area (Å²) in [5, 5.41) is 9.04. The average molecular weight is 313 g/mol. The lowest BCUT2D eigenvalue weighted by molar-refractivity contribution is 0.680. The first-order valence-electron chi connectivity index (χ1n) is 7.82. The van der Waals surface area contributed by atoms with E-state index in [1.165, 1.54) is 34.8 Å². The average Bonchev–Trinajstić information content (AvgIpc) is 3.12. The van der Waals surface area contributed by atoms with Crippen molar-refractivity contribution in [2.75, 3.05) is 11.9 Å². The number of rotatable bonds is 4. The summed E-state index contributed by atoms with van der Waals surface area (Å²) < 4.78 is 1.85. The largest absolute Gasteiger partial charge is 0.369 e. The van der Waals surface area contributed by atoms with Gasteiger partial charge in [-0.25, -0.2) is 9.97 Å². The van der Waals surface area contributed by atoms with Crippen LogP contribution in [0.2, 0.25) is 0 Å². The SMILES string of the molecule is Cc1cc(NCCc2nc3c(s2)CCCC3)n2nccc2n1. The number of aryl methyl sites for hydroxylation is 3. The Bertz CT molecular complexity index is 781. The van der Waals surface area contributed by atoms with Crippen LogP contribution in [0.25, 0.3) is 5.65 Å². The summed E-state index contributed by atoms with van der Waals surface area (Å²) in [5.74, 6) is 0.994. The molecular formula is C16H19N5S. The van der Waals surface area contributed by atoms with Crippen LogP contribution in [-0.2, 0) is 19.3 Å². The van der Waals surface area contributed by atoms with Gasteiger partial charge in [0.2, 0.25) is 0 Å². The van der Waals surface area contributed by atoms with Gasteiger partial charge in [0, 0.05) is 35.7 Å². The minimum absolute atomic E-state index is 0.866. The monoisotopic (exact) mass is 313 g/mol. The lowest BCUT2D eigenvalue weighted by Gasteiger charge is -2.08. The number of hydrogen-bond acceptors (Lipinski definition) is 5. The summed E-state index contributed by atoms with van der Waals surface area (Å²) in [6, 6.07) is 3.96. The molecule has 1 N–H and O–H groups in total. The quantitative estimate of drug-likeness (QED) is 0.804. The van der Waals surface area contributed by atoms with Gasteiger partial charge in [-0.2, -0.15) is 9.61 Å². The third-order valence-electron chi connectivity index (χ3n) is 4.02. The van der Waals surface area contributed by atoms with Gasteiger partial charge < -0.3 is 5.32 Å². The lowest BCUT2D eigenvalue weighted by Crippen LogP contribution is -2.10. The Morgan fingerprint density at radius 2 is 2.18 bits per heavy atom. The van der Waals surface area contributed by atoms with Gasteiger partial charge in [-0.1, -0.05) is 0 Å². The molecule has 0 amide bonds. The Balaban J connectivity index is 1.46. The number of fused-ring (bicyclic) bond motifs is 2. The van der Waals surface area contributed by atoms with Gasteiger partial charge in [0.15, 0.2) is 5.65 Å². The minimum Gasteiger partial charge on any atom is -0.369 e. The summed E-state index contributed by atoms with van der Waals surface area (Å²) >= 11 is 1.89. The first-order valence-corrected chi connectivity index (χ1v) is 8.64. The molecule has 22 heavy (non-hydrogen) atoms. The Hall–Kier alpha value is -1.95. The van der Waals surface area contributed by atoms with Crippen molar-refractivity contribution in [3.63, 3.8) is 0 Å². The van der Waals surface area contributed by atoms with Crippen molar-refractivity contribution >= 4 is 22.8 Å². The Labute approximate surface area is 133 Å². The van der Waals surface area contributed by atoms with Crippen LogP contribution >= 0.6 is 11.3 Å². The molecule has 3 aromatic rings. The van der Waals surface area contributed by atoms with Gasteiger partial charge >= 0.3 is 0 Å². The van der Waals surface area contributed by atoms with Gasteiger partial charge in [-0.3, -0.25) is 0 Å². The molecule has 6 heteroatoms. The third kappa shape index (κ3) is 2.59. The molecule has 0 fully saturated rings. The van der Waals surface area contributed by atoms with Gasteiger partial charge in [-0.15, -0.1) is 11.3 Å². The fraction of sp³-hybridized carbons (Fsp3) is 0.438. The summed E-state index contributed by atoms with van der Waals surface area (Å²) in [4.78, 5) is 10.8. The predicted molar refractivity (Wildman–Crippen MR) is 88.7 cm³/mol. The maximum atomic E-state index is 4.80. The number of nitrogens with one attached hydrogen (secondary N) is 1. The molecule has 0 aromatic carbocycles. The van der Waals surface area contributed by atoms with E-state index in [1.54, 1.807) is 6.20 Å². The molecule has 0 bridgehead atoms. The molecule has 0 spiro atoms. The molecule has 0 aliphatic heterocycles. The van der Waals surface area contributed by atoms with Crippen molar-refractivity contribution in [1.29, 1.82) is 0 Å². The van der Waals surface area contributed by atoms with E-state index < -0.39 is 0 Å². The zero-order valence-corrected chi connectivity index (χ0v) is 13.5. The number of anilines is 1. The summed E-state index contributed by atoms with van der Waals surface area (Å²) in [7, 11) is 0. The highest BCUT2D eigenvalue weighted by molar-refractivity contribution is 7.11. The molecule has 0 unspecified atom stereocenters. The molecule has 114 valence electrons. The van der Waals surface area contributed by atoms with Crippen LogP contribution in [0.1, 0.15) is 34.1 Å². The van der Waals surface area contributed by atoms with Gasteiger partial charge in [0.25, 0.3) is 0 Å². The Morgan fingerprint density at radius 1 is 1.27 bits per heavy atom. The molecule has 4 rings (SSSR count). The van der Waals surface area contributed by atoms with Crippen molar-refractivity contribution in [2.45, 2.75) is 39.0 Å². The van der Waals surface area contributed by atoms with Crippen LogP contribution in [0, 0.1) is 6.92 Å². The number of thiazole rings is 1. The summed E-state index contributed by atoms with van der Waals surface area (Å²) in [6.45, 7) is 2.87. The van der Waals surface area contributed by atoms with Crippen LogP contribution in [0.5, 0.6) is 0 Å². The second-order valence-electron chi connectivity index (χ2n) is 5.75. The van der Waals surface area contributed by atoms with E-state index >= 15 is 0 Å². The molecule has 5 nitrogen and oxygen atoms in total. The number of nitrogens with zero attached hydrogens (tertiary/aromatic N) is 4. The highest BCUT2D eigenvalue weighted by atomic mass is 32.1. The van der Waals surface area contributed by atoms with Crippen molar-refractivity contribution in [3.8, 4) is 0 Å². The third-order valence-corrected chi connectivity index (χ3v) is 5.24.